The maximum absolute atomic E-state index is 12.6. The van der Waals surface area contributed by atoms with Crippen molar-refractivity contribution in [3.63, 3.8) is 0 Å². The largest absolute Gasteiger partial charge is 0.378 e. The lowest BCUT2D eigenvalue weighted by atomic mass is 9.97. The molecule has 1 aromatic carbocycles. The molecule has 2 aliphatic heterocycles. The van der Waals surface area contributed by atoms with Gasteiger partial charge in [0.2, 0.25) is 5.91 Å². The fraction of sp³-hybridized carbons (Fsp3) is 0.562. The Labute approximate surface area is 132 Å². The number of hydrogen-bond donors (Lipinski definition) is 1. The van der Waals surface area contributed by atoms with E-state index in [1.807, 2.05) is 11.0 Å². The molecule has 116 valence electrons. The molecular weight excluding hydrogens is 288 g/mol. The van der Waals surface area contributed by atoms with Crippen molar-refractivity contribution < 1.29 is 9.53 Å². The summed E-state index contributed by atoms with van der Waals surface area (Å²) < 4.78 is 5.40. The van der Waals surface area contributed by atoms with Crippen LogP contribution in [0.3, 0.4) is 0 Å². The van der Waals surface area contributed by atoms with Gasteiger partial charge in [0.1, 0.15) is 6.04 Å². The molecule has 1 aromatic rings. The Kier molecular flexibility index (Phi) is 5.62. The average molecular weight is 311 g/mol. The van der Waals surface area contributed by atoms with Gasteiger partial charge in [-0.2, -0.15) is 0 Å². The number of likely N-dealkylation sites (tertiary alicyclic amines) is 1. The van der Waals surface area contributed by atoms with Gasteiger partial charge in [-0.15, -0.1) is 12.4 Å². The van der Waals surface area contributed by atoms with E-state index in [9.17, 15) is 4.79 Å². The molecule has 1 amide bonds. The first kappa shape index (κ1) is 16.3. The Morgan fingerprint density at radius 2 is 2.10 bits per heavy atom. The topological polar surface area (TPSA) is 41.6 Å². The van der Waals surface area contributed by atoms with Crippen LogP contribution in [0, 0.1) is 0 Å². The van der Waals surface area contributed by atoms with Gasteiger partial charge in [0.25, 0.3) is 0 Å². The fourth-order valence-corrected chi connectivity index (χ4v) is 3.23. The number of morpholine rings is 1. The lowest BCUT2D eigenvalue weighted by Crippen LogP contribution is -2.53. The zero-order valence-electron chi connectivity index (χ0n) is 12.3. The van der Waals surface area contributed by atoms with Crippen molar-refractivity contribution in [2.45, 2.75) is 31.3 Å². The van der Waals surface area contributed by atoms with Crippen molar-refractivity contribution in [1.29, 1.82) is 0 Å². The van der Waals surface area contributed by atoms with Crippen LogP contribution in [0.4, 0.5) is 0 Å². The normalized spacial score (nSPS) is 29.0. The van der Waals surface area contributed by atoms with Crippen LogP contribution < -0.4 is 5.32 Å². The van der Waals surface area contributed by atoms with Crippen LogP contribution in [0.25, 0.3) is 0 Å². The second kappa shape index (κ2) is 7.25. The van der Waals surface area contributed by atoms with Gasteiger partial charge in [-0.1, -0.05) is 30.3 Å². The van der Waals surface area contributed by atoms with Crippen molar-refractivity contribution in [3.8, 4) is 0 Å². The molecule has 21 heavy (non-hydrogen) atoms. The number of halogens is 1. The summed E-state index contributed by atoms with van der Waals surface area (Å²) in [6.45, 7) is 4.93. The highest BCUT2D eigenvalue weighted by Gasteiger charge is 2.36. The Morgan fingerprint density at radius 3 is 2.76 bits per heavy atom. The van der Waals surface area contributed by atoms with Crippen molar-refractivity contribution in [2.75, 3.05) is 26.3 Å². The molecule has 3 atom stereocenters. The molecule has 1 N–H and O–H groups in total. The first-order valence-corrected chi connectivity index (χ1v) is 7.42. The second-order valence-corrected chi connectivity index (χ2v) is 5.76. The third-order valence-electron chi connectivity index (χ3n) is 4.35. The highest BCUT2D eigenvalue weighted by Crippen LogP contribution is 2.31. The van der Waals surface area contributed by atoms with Crippen LogP contribution in [0.2, 0.25) is 0 Å². The van der Waals surface area contributed by atoms with Crippen LogP contribution in [0.1, 0.15) is 24.8 Å². The van der Waals surface area contributed by atoms with Crippen LogP contribution in [-0.4, -0.2) is 49.2 Å². The van der Waals surface area contributed by atoms with Crippen LogP contribution in [0.15, 0.2) is 30.3 Å². The Balaban J connectivity index is 0.00000161. The summed E-state index contributed by atoms with van der Waals surface area (Å²) in [4.78, 5) is 14.6. The second-order valence-electron chi connectivity index (χ2n) is 5.76. The van der Waals surface area contributed by atoms with Crippen LogP contribution >= 0.6 is 12.4 Å². The van der Waals surface area contributed by atoms with Crippen molar-refractivity contribution in [1.82, 2.24) is 10.2 Å². The van der Waals surface area contributed by atoms with Crippen molar-refractivity contribution in [2.24, 2.45) is 0 Å². The van der Waals surface area contributed by atoms with E-state index < -0.39 is 0 Å². The number of ether oxygens (including phenoxy) is 1. The van der Waals surface area contributed by atoms with Gasteiger partial charge in [-0.3, -0.25) is 4.79 Å². The molecule has 2 aliphatic rings. The number of carbonyl (C=O) groups is 1. The van der Waals surface area contributed by atoms with E-state index in [-0.39, 0.29) is 24.4 Å². The minimum atomic E-state index is -0.166. The summed E-state index contributed by atoms with van der Waals surface area (Å²) in [5.41, 5.74) is 1.34. The minimum absolute atomic E-state index is 0. The molecule has 0 aromatic heterocycles. The molecule has 0 saturated carbocycles. The molecule has 5 heteroatoms. The Morgan fingerprint density at radius 1 is 1.33 bits per heavy atom. The van der Waals surface area contributed by atoms with Gasteiger partial charge in [-0.05, 0) is 18.9 Å². The van der Waals surface area contributed by atoms with Gasteiger partial charge in [0.15, 0.2) is 0 Å². The number of hydrogen-bond acceptors (Lipinski definition) is 3. The summed E-state index contributed by atoms with van der Waals surface area (Å²) in [5.74, 6) is 0.648. The summed E-state index contributed by atoms with van der Waals surface area (Å²) >= 11 is 0. The third kappa shape index (κ3) is 3.57. The summed E-state index contributed by atoms with van der Waals surface area (Å²) in [6, 6.07) is 10.6. The first-order chi connectivity index (χ1) is 9.75. The number of carbonyl (C=O) groups excluding carboxylic acids is 1. The van der Waals surface area contributed by atoms with E-state index in [1.165, 1.54) is 5.56 Å². The van der Waals surface area contributed by atoms with Gasteiger partial charge in [0.05, 0.1) is 13.2 Å². The van der Waals surface area contributed by atoms with E-state index in [0.717, 1.165) is 19.5 Å². The summed E-state index contributed by atoms with van der Waals surface area (Å²) in [7, 11) is 0. The van der Waals surface area contributed by atoms with Crippen molar-refractivity contribution >= 4 is 18.3 Å². The molecule has 2 heterocycles. The molecule has 3 rings (SSSR count). The van der Waals surface area contributed by atoms with E-state index in [1.54, 1.807) is 0 Å². The van der Waals surface area contributed by atoms with Gasteiger partial charge >= 0.3 is 0 Å². The number of nitrogens with one attached hydrogen (secondary N) is 1. The van der Waals surface area contributed by atoms with E-state index in [4.69, 9.17) is 4.74 Å². The number of rotatable bonds is 2. The molecule has 3 unspecified atom stereocenters. The number of amides is 1. The maximum Gasteiger partial charge on any atom is 0.242 e. The summed E-state index contributed by atoms with van der Waals surface area (Å²) in [6.07, 6.45) is 1.04. The predicted molar refractivity (Wildman–Crippen MR) is 84.8 cm³/mol. The maximum atomic E-state index is 12.6. The Bertz CT molecular complexity index is 463. The highest BCUT2D eigenvalue weighted by molar-refractivity contribution is 5.85. The first-order valence-electron chi connectivity index (χ1n) is 7.42. The minimum Gasteiger partial charge on any atom is -0.378 e. The third-order valence-corrected chi connectivity index (χ3v) is 4.35. The van der Waals surface area contributed by atoms with Crippen LogP contribution in [-0.2, 0) is 9.53 Å². The quantitative estimate of drug-likeness (QED) is 0.906. The van der Waals surface area contributed by atoms with E-state index in [2.05, 4.69) is 36.5 Å². The standard InChI is InChI=1S/C16H22N2O2.ClH/c1-12-9-14(13-5-3-2-4-6-13)10-18(12)16(19)15-11-20-8-7-17-15;/h2-6,12,14-15,17H,7-11H2,1H3;1H. The molecule has 0 radical (unpaired) electrons. The molecule has 0 bridgehead atoms. The van der Waals surface area contributed by atoms with E-state index in [0.29, 0.717) is 25.2 Å². The highest BCUT2D eigenvalue weighted by atomic mass is 35.5. The lowest BCUT2D eigenvalue weighted by Gasteiger charge is -2.29. The van der Waals surface area contributed by atoms with Gasteiger partial charge in [0, 0.05) is 25.0 Å². The monoisotopic (exact) mass is 310 g/mol. The SMILES string of the molecule is CC1CC(c2ccccc2)CN1C(=O)C1COCCN1.Cl. The zero-order chi connectivity index (χ0) is 13.9. The Hall–Kier alpha value is -1.10. The molecule has 0 spiro atoms. The average Bonchev–Trinajstić information content (AvgIpc) is 2.90. The number of nitrogens with zero attached hydrogens (tertiary/aromatic N) is 1. The molecular formula is C16H23ClN2O2. The fourth-order valence-electron chi connectivity index (χ4n) is 3.23. The zero-order valence-corrected chi connectivity index (χ0v) is 13.1. The van der Waals surface area contributed by atoms with Gasteiger partial charge < -0.3 is 15.0 Å². The molecule has 2 fully saturated rings. The number of benzene rings is 1. The summed E-state index contributed by atoms with van der Waals surface area (Å²) in [5, 5.41) is 3.25. The molecule has 4 nitrogen and oxygen atoms in total. The van der Waals surface area contributed by atoms with Crippen LogP contribution in [0.5, 0.6) is 0 Å². The lowest BCUT2D eigenvalue weighted by molar-refractivity contribution is -0.136. The van der Waals surface area contributed by atoms with Crippen molar-refractivity contribution in [3.05, 3.63) is 35.9 Å². The molecule has 2 saturated heterocycles. The van der Waals surface area contributed by atoms with Gasteiger partial charge in [-0.25, -0.2) is 0 Å². The smallest absolute Gasteiger partial charge is 0.242 e. The van der Waals surface area contributed by atoms with E-state index >= 15 is 0 Å². The molecule has 0 aliphatic carbocycles. The predicted octanol–water partition coefficient (Wildman–Crippen LogP) is 1.80.